The number of rotatable bonds is 6. The van der Waals surface area contributed by atoms with E-state index in [9.17, 15) is 4.79 Å². The van der Waals surface area contributed by atoms with Crippen molar-refractivity contribution in [2.24, 2.45) is 0 Å². The molecule has 0 aromatic carbocycles. The summed E-state index contributed by atoms with van der Waals surface area (Å²) in [6.45, 7) is 10.2. The molecule has 0 N–H and O–H groups in total. The zero-order valence-electron chi connectivity index (χ0n) is 9.65. The number of ether oxygens (including phenoxy) is 3. The Morgan fingerprint density at radius 2 is 1.93 bits per heavy atom. The first-order valence-corrected chi connectivity index (χ1v) is 4.76. The van der Waals surface area contributed by atoms with E-state index in [1.54, 1.807) is 26.8 Å². The predicted octanol–water partition coefficient (Wildman–Crippen LogP) is 2.36. The summed E-state index contributed by atoms with van der Waals surface area (Å²) >= 11 is 0. The topological polar surface area (TPSA) is 44.8 Å². The molecular formula is C11H18O4. The molecule has 86 valence electrons. The van der Waals surface area contributed by atoms with Gasteiger partial charge in [0.2, 0.25) is 6.29 Å². The van der Waals surface area contributed by atoms with Crippen molar-refractivity contribution in [1.29, 1.82) is 0 Å². The maximum Gasteiger partial charge on any atom is 0.335 e. The molecule has 0 bridgehead atoms. The van der Waals surface area contributed by atoms with Crippen molar-refractivity contribution >= 4 is 5.97 Å². The van der Waals surface area contributed by atoms with Crippen molar-refractivity contribution in [2.45, 2.75) is 40.3 Å². The van der Waals surface area contributed by atoms with Crippen LogP contribution in [0.3, 0.4) is 0 Å². The van der Waals surface area contributed by atoms with E-state index >= 15 is 0 Å². The third-order valence-corrected chi connectivity index (χ3v) is 1.41. The Kier molecular flexibility index (Phi) is 6.45. The quantitative estimate of drug-likeness (QED) is 0.295. The fourth-order valence-corrected chi connectivity index (χ4v) is 0.770. The number of hydrogen-bond donors (Lipinski definition) is 0. The molecule has 15 heavy (non-hydrogen) atoms. The monoisotopic (exact) mass is 214 g/mol. The zero-order chi connectivity index (χ0) is 11.8. The highest BCUT2D eigenvalue weighted by Gasteiger charge is 2.13. The lowest BCUT2D eigenvalue weighted by molar-refractivity contribution is -0.213. The summed E-state index contributed by atoms with van der Waals surface area (Å²) in [4.78, 5) is 11.1. The van der Waals surface area contributed by atoms with E-state index < -0.39 is 18.5 Å². The van der Waals surface area contributed by atoms with Gasteiger partial charge < -0.3 is 14.2 Å². The highest BCUT2D eigenvalue weighted by molar-refractivity contribution is 5.86. The van der Waals surface area contributed by atoms with Gasteiger partial charge in [0.05, 0.1) is 6.26 Å². The summed E-state index contributed by atoms with van der Waals surface area (Å²) in [6, 6.07) is 0. The van der Waals surface area contributed by atoms with Gasteiger partial charge in [-0.15, -0.1) is 0 Å². The van der Waals surface area contributed by atoms with E-state index in [0.717, 1.165) is 0 Å². The van der Waals surface area contributed by atoms with E-state index in [2.05, 4.69) is 6.58 Å². The average molecular weight is 214 g/mol. The van der Waals surface area contributed by atoms with Crippen LogP contribution in [-0.2, 0) is 19.0 Å². The second kappa shape index (κ2) is 7.06. The summed E-state index contributed by atoms with van der Waals surface area (Å²) in [5.41, 5.74) is 0.340. The van der Waals surface area contributed by atoms with E-state index in [1.165, 1.54) is 6.26 Å². The van der Waals surface area contributed by atoms with Crippen molar-refractivity contribution in [3.8, 4) is 0 Å². The number of hydrogen-bond acceptors (Lipinski definition) is 4. The van der Waals surface area contributed by atoms with Crippen LogP contribution in [-0.4, -0.2) is 18.5 Å². The van der Waals surface area contributed by atoms with Crippen LogP contribution in [0.1, 0.15) is 27.7 Å². The average Bonchev–Trinajstić information content (AvgIpc) is 2.14. The van der Waals surface area contributed by atoms with E-state index in [4.69, 9.17) is 14.2 Å². The van der Waals surface area contributed by atoms with Crippen molar-refractivity contribution in [3.63, 3.8) is 0 Å². The predicted molar refractivity (Wildman–Crippen MR) is 56.8 cm³/mol. The van der Waals surface area contributed by atoms with Gasteiger partial charge in [-0.1, -0.05) is 12.7 Å². The molecule has 0 rings (SSSR count). The van der Waals surface area contributed by atoms with Crippen LogP contribution < -0.4 is 0 Å². The highest BCUT2D eigenvalue weighted by Crippen LogP contribution is 2.04. The summed E-state index contributed by atoms with van der Waals surface area (Å²) in [5.74, 6) is -0.472. The molecule has 0 amide bonds. The lowest BCUT2D eigenvalue weighted by Gasteiger charge is -2.18. The first-order valence-electron chi connectivity index (χ1n) is 4.76. The van der Waals surface area contributed by atoms with Crippen LogP contribution in [0.4, 0.5) is 0 Å². The Bertz CT molecular complexity index is 245. The van der Waals surface area contributed by atoms with Crippen LogP contribution >= 0.6 is 0 Å². The smallest absolute Gasteiger partial charge is 0.335 e. The Balaban J connectivity index is 3.87. The second-order valence-electron chi connectivity index (χ2n) is 3.06. The first kappa shape index (κ1) is 13.7. The molecule has 0 heterocycles. The first-order chi connectivity index (χ1) is 6.97. The van der Waals surface area contributed by atoms with Gasteiger partial charge in [-0.25, -0.2) is 4.79 Å². The van der Waals surface area contributed by atoms with Crippen LogP contribution in [0.15, 0.2) is 24.5 Å². The Morgan fingerprint density at radius 3 is 2.40 bits per heavy atom. The van der Waals surface area contributed by atoms with Crippen molar-refractivity contribution in [3.05, 3.63) is 24.5 Å². The van der Waals surface area contributed by atoms with Crippen LogP contribution in [0.25, 0.3) is 0 Å². The molecule has 0 aliphatic rings. The fourth-order valence-electron chi connectivity index (χ4n) is 0.770. The molecule has 0 aliphatic carbocycles. The molecular weight excluding hydrogens is 196 g/mol. The molecule has 0 spiro atoms. The van der Waals surface area contributed by atoms with Gasteiger partial charge in [0, 0.05) is 5.57 Å². The second-order valence-corrected chi connectivity index (χ2v) is 3.06. The molecule has 0 aliphatic heterocycles. The maximum absolute atomic E-state index is 11.1. The number of carbonyl (C=O) groups excluding carboxylic acids is 1. The highest BCUT2D eigenvalue weighted by atomic mass is 16.8. The molecule has 4 heteroatoms. The molecule has 0 aromatic rings. The molecule has 0 aromatic heterocycles. The molecule has 2 unspecified atom stereocenters. The van der Waals surface area contributed by atoms with Gasteiger partial charge in [-0.3, -0.25) is 0 Å². The third kappa shape index (κ3) is 6.74. The van der Waals surface area contributed by atoms with Crippen LogP contribution in [0.2, 0.25) is 0 Å². The van der Waals surface area contributed by atoms with E-state index in [-0.39, 0.29) is 0 Å². The minimum absolute atomic E-state index is 0.340. The van der Waals surface area contributed by atoms with E-state index in [1.807, 2.05) is 6.92 Å². The summed E-state index contributed by atoms with van der Waals surface area (Å²) in [6.07, 6.45) is 2.13. The molecule has 0 radical (unpaired) electrons. The summed E-state index contributed by atoms with van der Waals surface area (Å²) in [7, 11) is 0. The van der Waals surface area contributed by atoms with E-state index in [0.29, 0.717) is 5.57 Å². The molecule has 0 fully saturated rings. The molecule has 4 nitrogen and oxygen atoms in total. The lowest BCUT2D eigenvalue weighted by atomic mass is 10.4. The van der Waals surface area contributed by atoms with Gasteiger partial charge in [-0.2, -0.15) is 0 Å². The normalized spacial score (nSPS) is 14.7. The Morgan fingerprint density at radius 1 is 1.33 bits per heavy atom. The van der Waals surface area contributed by atoms with Crippen molar-refractivity contribution < 1.29 is 19.0 Å². The molecule has 0 saturated carbocycles. The van der Waals surface area contributed by atoms with Crippen LogP contribution in [0, 0.1) is 0 Å². The summed E-state index contributed by atoms with van der Waals surface area (Å²) < 4.78 is 15.2. The minimum Gasteiger partial charge on any atom is -0.473 e. The van der Waals surface area contributed by atoms with Gasteiger partial charge in [0.1, 0.15) is 0 Å². The van der Waals surface area contributed by atoms with Gasteiger partial charge >= 0.3 is 5.97 Å². The maximum atomic E-state index is 11.1. The van der Waals surface area contributed by atoms with Crippen molar-refractivity contribution in [1.82, 2.24) is 0 Å². The zero-order valence-corrected chi connectivity index (χ0v) is 9.65. The van der Waals surface area contributed by atoms with Crippen LogP contribution in [0.5, 0.6) is 0 Å². The van der Waals surface area contributed by atoms with Gasteiger partial charge in [0.25, 0.3) is 0 Å². The number of esters is 1. The fraction of sp³-hybridized carbons (Fsp3) is 0.545. The standard InChI is InChI=1S/C11H18O4/c1-6-7-13-9(4)14-10(5)15-11(12)8(2)3/h6-7,9-10H,2H2,1,3-5H3. The number of allylic oxidation sites excluding steroid dienone is 1. The van der Waals surface area contributed by atoms with Gasteiger partial charge in [0.15, 0.2) is 6.29 Å². The minimum atomic E-state index is -0.658. The third-order valence-electron chi connectivity index (χ3n) is 1.41. The van der Waals surface area contributed by atoms with Gasteiger partial charge in [-0.05, 0) is 27.7 Å². The molecule has 2 atom stereocenters. The Labute approximate surface area is 90.5 Å². The lowest BCUT2D eigenvalue weighted by Crippen LogP contribution is -2.23. The SMILES string of the molecule is C=C(C)C(=O)OC(C)OC(C)OC=CC. The van der Waals surface area contributed by atoms with Crippen molar-refractivity contribution in [2.75, 3.05) is 0 Å². The number of carbonyl (C=O) groups is 1. The summed E-state index contributed by atoms with van der Waals surface area (Å²) in [5, 5.41) is 0. The largest absolute Gasteiger partial charge is 0.473 e. The molecule has 0 saturated heterocycles. The Hall–Kier alpha value is -1.29.